The fourth-order valence-corrected chi connectivity index (χ4v) is 2.43. The number of carbonyl (C=O) groups excluding carboxylic acids is 1. The summed E-state index contributed by atoms with van der Waals surface area (Å²) in [4.78, 5) is 16.9. The van der Waals surface area contributed by atoms with Gasteiger partial charge in [0.05, 0.1) is 18.1 Å². The van der Waals surface area contributed by atoms with Crippen LogP contribution in [0.1, 0.15) is 17.3 Å². The summed E-state index contributed by atoms with van der Waals surface area (Å²) in [6.07, 6.45) is 0. The van der Waals surface area contributed by atoms with Crippen LogP contribution in [0.2, 0.25) is 0 Å². The van der Waals surface area contributed by atoms with Crippen LogP contribution in [0.25, 0.3) is 11.0 Å². The number of ether oxygens (including phenoxy) is 1. The first-order valence-electron chi connectivity index (χ1n) is 7.13. The molecule has 0 saturated carbocycles. The highest BCUT2D eigenvalue weighted by molar-refractivity contribution is 6.04. The van der Waals surface area contributed by atoms with Gasteiger partial charge in [0.1, 0.15) is 5.75 Å². The van der Waals surface area contributed by atoms with E-state index in [1.165, 1.54) is 0 Å². The summed E-state index contributed by atoms with van der Waals surface area (Å²) in [5.74, 6) is 0.997. The van der Waals surface area contributed by atoms with Gasteiger partial charge in [0.15, 0.2) is 0 Å². The van der Waals surface area contributed by atoms with Crippen LogP contribution in [0.15, 0.2) is 48.5 Å². The molecule has 112 valence electrons. The minimum Gasteiger partial charge on any atom is -0.497 e. The number of carbonyl (C=O) groups is 1. The topological polar surface area (TPSA) is 56.2 Å². The number of imidazole rings is 1. The van der Waals surface area contributed by atoms with Gasteiger partial charge in [-0.1, -0.05) is 18.2 Å². The molecule has 0 saturated heterocycles. The van der Waals surface area contributed by atoms with Gasteiger partial charge in [-0.25, -0.2) is 4.98 Å². The van der Waals surface area contributed by atoms with Crippen molar-refractivity contribution in [1.29, 1.82) is 0 Å². The number of methoxy groups -OCH3 is 1. The zero-order valence-electron chi connectivity index (χ0n) is 12.5. The number of hydrogen-bond acceptors (Lipinski definition) is 3. The molecule has 1 amide bonds. The summed E-state index contributed by atoms with van der Waals surface area (Å²) in [6, 6.07) is 14.9. The Kier molecular flexibility index (Phi) is 3.78. The molecule has 0 aliphatic rings. The molecule has 0 bridgehead atoms. The van der Waals surface area contributed by atoms with Crippen LogP contribution < -0.4 is 10.1 Å². The maximum absolute atomic E-state index is 12.4. The zero-order valence-corrected chi connectivity index (χ0v) is 12.5. The Labute approximate surface area is 128 Å². The number of aryl methyl sites for hydroxylation is 1. The molecule has 0 aliphatic heterocycles. The van der Waals surface area contributed by atoms with E-state index in [-0.39, 0.29) is 5.91 Å². The van der Waals surface area contributed by atoms with Gasteiger partial charge in [-0.15, -0.1) is 0 Å². The number of fused-ring (bicyclic) bond motifs is 1. The maximum atomic E-state index is 12.4. The predicted octanol–water partition coefficient (Wildman–Crippen LogP) is 3.32. The van der Waals surface area contributed by atoms with Gasteiger partial charge in [0.25, 0.3) is 5.91 Å². The Balaban J connectivity index is 1.93. The third-order valence-corrected chi connectivity index (χ3v) is 3.53. The normalized spacial score (nSPS) is 10.6. The smallest absolute Gasteiger partial charge is 0.258 e. The lowest BCUT2D eigenvalue weighted by Crippen LogP contribution is -2.15. The van der Waals surface area contributed by atoms with Gasteiger partial charge < -0.3 is 9.30 Å². The molecule has 0 atom stereocenters. The summed E-state index contributed by atoms with van der Waals surface area (Å²) in [5.41, 5.74) is 2.41. The number of aromatic nitrogens is 2. The summed E-state index contributed by atoms with van der Waals surface area (Å²) in [6.45, 7) is 2.75. The molecule has 1 aromatic heterocycles. The number of amides is 1. The van der Waals surface area contributed by atoms with Crippen molar-refractivity contribution in [1.82, 2.24) is 9.55 Å². The minimum atomic E-state index is -0.205. The standard InChI is InChI=1S/C17H17N3O2/c1-3-20-15-10-5-4-9-14(15)18-17(20)19-16(21)12-7-6-8-13(11-12)22-2/h4-11H,3H2,1-2H3,(H,18,19,21). The summed E-state index contributed by atoms with van der Waals surface area (Å²) >= 11 is 0. The second-order valence-electron chi connectivity index (χ2n) is 4.85. The van der Waals surface area contributed by atoms with Crippen molar-refractivity contribution in [3.8, 4) is 5.75 Å². The first-order chi connectivity index (χ1) is 10.7. The molecule has 3 rings (SSSR count). The van der Waals surface area contributed by atoms with Crippen molar-refractivity contribution in [2.45, 2.75) is 13.5 Å². The number of nitrogens with one attached hydrogen (secondary N) is 1. The van der Waals surface area contributed by atoms with Crippen LogP contribution in [0.3, 0.4) is 0 Å². The van der Waals surface area contributed by atoms with Crippen molar-refractivity contribution >= 4 is 22.9 Å². The van der Waals surface area contributed by atoms with Gasteiger partial charge in [0, 0.05) is 12.1 Å². The van der Waals surface area contributed by atoms with E-state index in [1.54, 1.807) is 31.4 Å². The lowest BCUT2D eigenvalue weighted by Gasteiger charge is -2.08. The largest absolute Gasteiger partial charge is 0.497 e. The average molecular weight is 295 g/mol. The molecule has 0 unspecified atom stereocenters. The Morgan fingerprint density at radius 1 is 1.23 bits per heavy atom. The van der Waals surface area contributed by atoms with Crippen molar-refractivity contribution in [3.63, 3.8) is 0 Å². The first-order valence-corrected chi connectivity index (χ1v) is 7.13. The van der Waals surface area contributed by atoms with Crippen LogP contribution >= 0.6 is 0 Å². The third-order valence-electron chi connectivity index (χ3n) is 3.53. The predicted molar refractivity (Wildman–Crippen MR) is 86.4 cm³/mol. The van der Waals surface area contributed by atoms with Crippen LogP contribution in [0.4, 0.5) is 5.95 Å². The van der Waals surface area contributed by atoms with Gasteiger partial charge >= 0.3 is 0 Å². The molecule has 0 fully saturated rings. The minimum absolute atomic E-state index is 0.205. The number of para-hydroxylation sites is 2. The van der Waals surface area contributed by atoms with Gasteiger partial charge in [-0.3, -0.25) is 10.1 Å². The molecule has 5 nitrogen and oxygen atoms in total. The number of hydrogen-bond donors (Lipinski definition) is 1. The van der Waals surface area contributed by atoms with Gasteiger partial charge in [-0.2, -0.15) is 0 Å². The first kappa shape index (κ1) is 14.1. The fourth-order valence-electron chi connectivity index (χ4n) is 2.43. The molecule has 1 heterocycles. The van der Waals surface area contributed by atoms with Crippen molar-refractivity contribution in [3.05, 3.63) is 54.1 Å². The quantitative estimate of drug-likeness (QED) is 0.803. The van der Waals surface area contributed by atoms with Crippen molar-refractivity contribution in [2.75, 3.05) is 12.4 Å². The Morgan fingerprint density at radius 2 is 2.05 bits per heavy atom. The Morgan fingerprint density at radius 3 is 2.82 bits per heavy atom. The second kappa shape index (κ2) is 5.89. The molecule has 1 N–H and O–H groups in total. The fraction of sp³-hybridized carbons (Fsp3) is 0.176. The van der Waals surface area contributed by atoms with E-state index in [4.69, 9.17) is 4.74 Å². The SMILES string of the molecule is CCn1c(NC(=O)c2cccc(OC)c2)nc2ccccc21. The highest BCUT2D eigenvalue weighted by Gasteiger charge is 2.13. The van der Waals surface area contributed by atoms with E-state index in [0.29, 0.717) is 17.3 Å². The van der Waals surface area contributed by atoms with E-state index >= 15 is 0 Å². The molecular formula is C17H17N3O2. The van der Waals surface area contributed by atoms with Crippen molar-refractivity contribution in [2.24, 2.45) is 0 Å². The highest BCUT2D eigenvalue weighted by atomic mass is 16.5. The third kappa shape index (κ3) is 2.53. The summed E-state index contributed by atoms with van der Waals surface area (Å²) in [7, 11) is 1.58. The molecule has 5 heteroatoms. The number of rotatable bonds is 4. The molecule has 0 spiro atoms. The lowest BCUT2D eigenvalue weighted by atomic mass is 10.2. The van der Waals surface area contributed by atoms with Gasteiger partial charge in [-0.05, 0) is 37.3 Å². The van der Waals surface area contributed by atoms with E-state index in [2.05, 4.69) is 10.3 Å². The summed E-state index contributed by atoms with van der Waals surface area (Å²) < 4.78 is 7.13. The Hall–Kier alpha value is -2.82. The Bertz CT molecular complexity index is 824. The van der Waals surface area contributed by atoms with E-state index in [9.17, 15) is 4.79 Å². The lowest BCUT2D eigenvalue weighted by molar-refractivity contribution is 0.102. The zero-order chi connectivity index (χ0) is 15.5. The highest BCUT2D eigenvalue weighted by Crippen LogP contribution is 2.20. The van der Waals surface area contributed by atoms with E-state index in [1.807, 2.05) is 35.8 Å². The molecule has 0 radical (unpaired) electrons. The van der Waals surface area contributed by atoms with Gasteiger partial charge in [0.2, 0.25) is 5.95 Å². The van der Waals surface area contributed by atoms with Crippen LogP contribution in [-0.2, 0) is 6.54 Å². The number of nitrogens with zero attached hydrogens (tertiary/aromatic N) is 2. The van der Waals surface area contributed by atoms with E-state index < -0.39 is 0 Å². The molecule has 3 aromatic rings. The monoisotopic (exact) mass is 295 g/mol. The summed E-state index contributed by atoms with van der Waals surface area (Å²) in [5, 5.41) is 2.88. The van der Waals surface area contributed by atoms with Crippen LogP contribution in [0.5, 0.6) is 5.75 Å². The molecular weight excluding hydrogens is 278 g/mol. The van der Waals surface area contributed by atoms with Crippen LogP contribution in [0, 0.1) is 0 Å². The maximum Gasteiger partial charge on any atom is 0.258 e. The average Bonchev–Trinajstić information content (AvgIpc) is 2.91. The van der Waals surface area contributed by atoms with Crippen LogP contribution in [-0.4, -0.2) is 22.6 Å². The van der Waals surface area contributed by atoms with E-state index in [0.717, 1.165) is 17.6 Å². The second-order valence-corrected chi connectivity index (χ2v) is 4.85. The number of benzene rings is 2. The molecule has 22 heavy (non-hydrogen) atoms. The molecule has 2 aromatic carbocycles. The van der Waals surface area contributed by atoms with Crippen molar-refractivity contribution < 1.29 is 9.53 Å². The molecule has 0 aliphatic carbocycles. The number of anilines is 1.